The number of rotatable bonds is 17. The third-order valence-electron chi connectivity index (χ3n) is 8.13. The molecule has 4 rings (SSSR count). The van der Waals surface area contributed by atoms with Crippen LogP contribution < -0.4 is 26.0 Å². The van der Waals surface area contributed by atoms with Gasteiger partial charge < -0.3 is 35.8 Å². The number of carbonyl (C=O) groups excluding carboxylic acids is 3. The molecule has 5 N–H and O–H groups in total. The molecule has 250 valence electrons. The molecule has 0 spiro atoms. The van der Waals surface area contributed by atoms with Gasteiger partial charge in [-0.2, -0.15) is 0 Å². The summed E-state index contributed by atoms with van der Waals surface area (Å²) in [6, 6.07) is 21.8. The van der Waals surface area contributed by atoms with Gasteiger partial charge in [0.2, 0.25) is 11.8 Å². The molecule has 0 bridgehead atoms. The van der Waals surface area contributed by atoms with E-state index < -0.39 is 42.4 Å². The summed E-state index contributed by atoms with van der Waals surface area (Å²) in [5.74, 6) is -1.19. The molecular weight excluding hydrogens is 600 g/mol. The second kappa shape index (κ2) is 18.3. The topological polar surface area (TPSA) is 155 Å². The van der Waals surface area contributed by atoms with Crippen molar-refractivity contribution >= 4 is 23.9 Å². The fourth-order valence-electron chi connectivity index (χ4n) is 5.33. The van der Waals surface area contributed by atoms with Crippen molar-refractivity contribution in [3.05, 3.63) is 101 Å². The Balaban J connectivity index is 1.38. The molecule has 11 nitrogen and oxygen atoms in total. The molecule has 1 heterocycles. The summed E-state index contributed by atoms with van der Waals surface area (Å²) in [5, 5.41) is 20.8. The Bertz CT molecular complexity index is 1460. The van der Waals surface area contributed by atoms with E-state index in [0.29, 0.717) is 18.9 Å². The highest BCUT2D eigenvalue weighted by molar-refractivity contribution is 5.93. The van der Waals surface area contributed by atoms with Crippen molar-refractivity contribution < 1.29 is 33.8 Å². The van der Waals surface area contributed by atoms with Crippen molar-refractivity contribution in [2.75, 3.05) is 19.7 Å². The first-order chi connectivity index (χ1) is 22.8. The van der Waals surface area contributed by atoms with Crippen LogP contribution in [0.4, 0.5) is 4.79 Å². The normalized spacial score (nSPS) is 15.2. The van der Waals surface area contributed by atoms with E-state index >= 15 is 0 Å². The van der Waals surface area contributed by atoms with E-state index in [1.807, 2.05) is 61.5 Å². The maximum Gasteiger partial charge on any atom is 0.408 e. The Morgan fingerprint density at radius 3 is 2.32 bits per heavy atom. The summed E-state index contributed by atoms with van der Waals surface area (Å²) in [6.07, 6.45) is 1.22. The Kier molecular flexibility index (Phi) is 13.6. The van der Waals surface area contributed by atoms with Gasteiger partial charge in [-0.05, 0) is 86.0 Å². The summed E-state index contributed by atoms with van der Waals surface area (Å²) < 4.78 is 11.2. The van der Waals surface area contributed by atoms with E-state index in [1.54, 1.807) is 24.3 Å². The number of hydrogen-bond donors (Lipinski definition) is 5. The number of carboxylic acids is 1. The highest BCUT2D eigenvalue weighted by Crippen LogP contribution is 2.19. The van der Waals surface area contributed by atoms with Crippen molar-refractivity contribution in [1.82, 2.24) is 21.3 Å². The minimum Gasteiger partial charge on any atom is -0.494 e. The van der Waals surface area contributed by atoms with Gasteiger partial charge in [-0.15, -0.1) is 0 Å². The van der Waals surface area contributed by atoms with Crippen LogP contribution in [0.5, 0.6) is 5.75 Å². The number of benzene rings is 3. The van der Waals surface area contributed by atoms with E-state index in [0.717, 1.165) is 53.9 Å². The summed E-state index contributed by atoms with van der Waals surface area (Å²) in [6.45, 7) is 4.77. The summed E-state index contributed by atoms with van der Waals surface area (Å²) in [5.41, 5.74) is 3.55. The fourth-order valence-corrected chi connectivity index (χ4v) is 5.33. The zero-order valence-electron chi connectivity index (χ0n) is 26.7. The van der Waals surface area contributed by atoms with Gasteiger partial charge in [-0.25, -0.2) is 4.79 Å². The molecule has 0 radical (unpaired) electrons. The second-order valence-corrected chi connectivity index (χ2v) is 11.7. The van der Waals surface area contributed by atoms with Crippen molar-refractivity contribution in [2.24, 2.45) is 5.92 Å². The fraction of sp³-hybridized carbons (Fsp3) is 0.389. The minimum absolute atomic E-state index is 0.0557. The third-order valence-corrected chi connectivity index (χ3v) is 8.13. The minimum atomic E-state index is -1.46. The van der Waals surface area contributed by atoms with Gasteiger partial charge in [0.15, 0.2) is 0 Å². The quantitative estimate of drug-likeness (QED) is 0.148. The Labute approximate surface area is 275 Å². The van der Waals surface area contributed by atoms with Crippen LogP contribution >= 0.6 is 0 Å². The predicted octanol–water partition coefficient (Wildman–Crippen LogP) is 3.88. The van der Waals surface area contributed by atoms with Crippen LogP contribution in [0.1, 0.15) is 47.9 Å². The molecule has 0 aromatic heterocycles. The first kappa shape index (κ1) is 35.0. The van der Waals surface area contributed by atoms with Crippen LogP contribution in [0.3, 0.4) is 0 Å². The van der Waals surface area contributed by atoms with Crippen LogP contribution in [-0.2, 0) is 38.7 Å². The number of amides is 3. The molecule has 0 saturated carbocycles. The molecule has 47 heavy (non-hydrogen) atoms. The molecule has 1 saturated heterocycles. The number of ether oxygens (including phenoxy) is 2. The lowest BCUT2D eigenvalue weighted by Gasteiger charge is -2.23. The van der Waals surface area contributed by atoms with Crippen molar-refractivity contribution in [2.45, 2.75) is 64.3 Å². The molecule has 3 aromatic rings. The van der Waals surface area contributed by atoms with Crippen molar-refractivity contribution in [1.29, 1.82) is 0 Å². The second-order valence-electron chi connectivity index (χ2n) is 11.7. The largest absolute Gasteiger partial charge is 0.494 e. The SMILES string of the molecule is Cc1ccc(OCCC2CCNC2)cc1CNC(=O)[C@H](CCc1ccccc1)NC(=O)[C@H](CC(=O)O)NC(=O)OCc1ccccc1. The van der Waals surface area contributed by atoms with Gasteiger partial charge in [-0.1, -0.05) is 66.7 Å². The lowest BCUT2D eigenvalue weighted by atomic mass is 10.0. The van der Waals surface area contributed by atoms with Crippen LogP contribution in [0.2, 0.25) is 0 Å². The molecule has 1 fully saturated rings. The van der Waals surface area contributed by atoms with Crippen LogP contribution in [0.15, 0.2) is 78.9 Å². The first-order valence-corrected chi connectivity index (χ1v) is 16.0. The molecule has 1 aliphatic heterocycles. The standard InChI is InChI=1S/C36H44N4O7/c1-25-12-14-30(46-19-17-27-16-18-37-22-27)20-29(25)23-38-34(43)31(15-13-26-8-4-2-5-9-26)39-35(44)32(21-33(41)42)40-36(45)47-24-28-10-6-3-7-11-28/h2-12,14,20,27,31-32,37H,13,15-19,21-24H2,1H3,(H,38,43)(H,39,44)(H,40,45)(H,41,42)/t27?,31-,32-/m0/s1. The number of nitrogens with one attached hydrogen (secondary N) is 4. The Morgan fingerprint density at radius 2 is 1.64 bits per heavy atom. The number of carboxylic acid groups (broad SMARTS) is 1. The molecule has 3 aromatic carbocycles. The van der Waals surface area contributed by atoms with E-state index in [-0.39, 0.29) is 19.6 Å². The Hall–Kier alpha value is -4.90. The first-order valence-electron chi connectivity index (χ1n) is 16.0. The summed E-state index contributed by atoms with van der Waals surface area (Å²) in [7, 11) is 0. The van der Waals surface area contributed by atoms with Crippen LogP contribution in [0.25, 0.3) is 0 Å². The predicted molar refractivity (Wildman–Crippen MR) is 177 cm³/mol. The van der Waals surface area contributed by atoms with E-state index in [4.69, 9.17) is 9.47 Å². The summed E-state index contributed by atoms with van der Waals surface area (Å²) >= 11 is 0. The van der Waals surface area contributed by atoms with Gasteiger partial charge in [-0.3, -0.25) is 14.4 Å². The van der Waals surface area contributed by atoms with Crippen molar-refractivity contribution in [3.8, 4) is 5.75 Å². The molecule has 3 atom stereocenters. The molecule has 1 aliphatic rings. The van der Waals surface area contributed by atoms with Gasteiger partial charge in [0.1, 0.15) is 24.4 Å². The van der Waals surface area contributed by atoms with Crippen LogP contribution in [0, 0.1) is 12.8 Å². The Morgan fingerprint density at radius 1 is 0.915 bits per heavy atom. The van der Waals surface area contributed by atoms with E-state index in [1.165, 1.54) is 0 Å². The maximum atomic E-state index is 13.5. The molecular formula is C36H44N4O7. The van der Waals surface area contributed by atoms with Crippen molar-refractivity contribution in [3.63, 3.8) is 0 Å². The molecule has 3 amide bonds. The van der Waals surface area contributed by atoms with Crippen LogP contribution in [-0.4, -0.2) is 60.8 Å². The highest BCUT2D eigenvalue weighted by atomic mass is 16.5. The highest BCUT2D eigenvalue weighted by Gasteiger charge is 2.29. The zero-order chi connectivity index (χ0) is 33.4. The van der Waals surface area contributed by atoms with E-state index in [9.17, 15) is 24.3 Å². The number of hydrogen-bond acceptors (Lipinski definition) is 7. The average molecular weight is 645 g/mol. The number of aryl methyl sites for hydroxylation is 2. The molecule has 1 unspecified atom stereocenters. The maximum absolute atomic E-state index is 13.5. The lowest BCUT2D eigenvalue weighted by molar-refractivity contribution is -0.140. The van der Waals surface area contributed by atoms with Gasteiger partial charge >= 0.3 is 12.1 Å². The number of alkyl carbamates (subject to hydrolysis) is 1. The lowest BCUT2D eigenvalue weighted by Crippen LogP contribution is -2.54. The van der Waals surface area contributed by atoms with Gasteiger partial charge in [0.25, 0.3) is 0 Å². The van der Waals surface area contributed by atoms with Gasteiger partial charge in [0.05, 0.1) is 13.0 Å². The number of aliphatic carboxylic acids is 1. The summed E-state index contributed by atoms with van der Waals surface area (Å²) in [4.78, 5) is 50.9. The van der Waals surface area contributed by atoms with Gasteiger partial charge in [0, 0.05) is 6.54 Å². The zero-order valence-corrected chi connectivity index (χ0v) is 26.7. The average Bonchev–Trinajstić information content (AvgIpc) is 3.59. The molecule has 0 aliphatic carbocycles. The number of carbonyl (C=O) groups is 4. The third kappa shape index (κ3) is 12.1. The van der Waals surface area contributed by atoms with E-state index in [2.05, 4.69) is 21.3 Å². The molecule has 11 heteroatoms. The monoisotopic (exact) mass is 644 g/mol. The smallest absolute Gasteiger partial charge is 0.408 e.